The summed E-state index contributed by atoms with van der Waals surface area (Å²) in [6.07, 6.45) is -4.44. The first-order valence-corrected chi connectivity index (χ1v) is 5.64. The van der Waals surface area contributed by atoms with E-state index in [1.807, 2.05) is 0 Å². The van der Waals surface area contributed by atoms with Crippen molar-refractivity contribution in [2.75, 3.05) is 0 Å². The lowest BCUT2D eigenvalue weighted by atomic mass is 10.2. The molecule has 0 aliphatic rings. The highest BCUT2D eigenvalue weighted by atomic mass is 35.5. The molecule has 6 heteroatoms. The van der Waals surface area contributed by atoms with Crippen LogP contribution in [-0.2, 0) is 12.7 Å². The van der Waals surface area contributed by atoms with Gasteiger partial charge in [0.15, 0.2) is 0 Å². The summed E-state index contributed by atoms with van der Waals surface area (Å²) in [5.41, 5.74) is 5.47. The summed E-state index contributed by atoms with van der Waals surface area (Å²) in [5, 5.41) is 0. The zero-order valence-electron chi connectivity index (χ0n) is 10.4. The topological polar surface area (TPSA) is 35.2 Å². The molecule has 108 valence electrons. The van der Waals surface area contributed by atoms with Crippen molar-refractivity contribution < 1.29 is 17.9 Å². The van der Waals surface area contributed by atoms with Gasteiger partial charge in [-0.05, 0) is 29.8 Å². The number of ether oxygens (including phenoxy) is 1. The summed E-state index contributed by atoms with van der Waals surface area (Å²) in [5.74, 6) is 0.115. The van der Waals surface area contributed by atoms with Crippen LogP contribution in [0.1, 0.15) is 11.1 Å². The molecule has 0 aromatic heterocycles. The molecular weight excluding hydrogens is 291 g/mol. The monoisotopic (exact) mass is 303 g/mol. The number of nitrogens with two attached hydrogens (primary N) is 1. The third kappa shape index (κ3) is 3.88. The van der Waals surface area contributed by atoms with Crippen LogP contribution in [-0.4, -0.2) is 0 Å². The van der Waals surface area contributed by atoms with Gasteiger partial charge in [-0.2, -0.15) is 13.2 Å². The molecular formula is C14H13ClF3NO. The molecule has 0 saturated heterocycles. The van der Waals surface area contributed by atoms with Crippen LogP contribution in [0.5, 0.6) is 11.5 Å². The second kappa shape index (κ2) is 6.63. The van der Waals surface area contributed by atoms with Gasteiger partial charge in [-0.15, -0.1) is 12.4 Å². The molecule has 2 rings (SSSR count). The van der Waals surface area contributed by atoms with Crippen molar-refractivity contribution in [3.05, 3.63) is 59.7 Å². The van der Waals surface area contributed by atoms with Crippen LogP contribution in [0.25, 0.3) is 0 Å². The van der Waals surface area contributed by atoms with Crippen molar-refractivity contribution in [3.8, 4) is 11.5 Å². The average Bonchev–Trinajstić information content (AvgIpc) is 2.38. The Hall–Kier alpha value is -1.72. The Bertz CT molecular complexity index is 572. The number of para-hydroxylation sites is 1. The molecule has 20 heavy (non-hydrogen) atoms. The largest absolute Gasteiger partial charge is 0.457 e. The summed E-state index contributed by atoms with van der Waals surface area (Å²) in [6, 6.07) is 11.8. The molecule has 0 saturated carbocycles. The maximum atomic E-state index is 12.8. The Morgan fingerprint density at radius 2 is 1.70 bits per heavy atom. The third-order valence-electron chi connectivity index (χ3n) is 2.55. The fourth-order valence-electron chi connectivity index (χ4n) is 1.65. The second-order valence-electron chi connectivity index (χ2n) is 3.95. The van der Waals surface area contributed by atoms with Crippen molar-refractivity contribution in [1.82, 2.24) is 0 Å². The van der Waals surface area contributed by atoms with Gasteiger partial charge in [0, 0.05) is 6.54 Å². The van der Waals surface area contributed by atoms with E-state index in [1.54, 1.807) is 24.3 Å². The first-order valence-electron chi connectivity index (χ1n) is 5.64. The molecule has 0 amide bonds. The molecule has 0 aliphatic carbocycles. The quantitative estimate of drug-likeness (QED) is 0.913. The highest BCUT2D eigenvalue weighted by molar-refractivity contribution is 5.85. The van der Waals surface area contributed by atoms with Crippen LogP contribution in [0, 0.1) is 0 Å². The molecule has 0 fully saturated rings. The predicted octanol–water partition coefficient (Wildman–Crippen LogP) is 4.38. The molecule has 0 atom stereocenters. The Kier molecular flexibility index (Phi) is 5.42. The van der Waals surface area contributed by atoms with Crippen molar-refractivity contribution in [1.29, 1.82) is 0 Å². The highest BCUT2D eigenvalue weighted by Gasteiger charge is 2.34. The highest BCUT2D eigenvalue weighted by Crippen LogP contribution is 2.37. The van der Waals surface area contributed by atoms with E-state index in [-0.39, 0.29) is 18.2 Å². The third-order valence-corrected chi connectivity index (χ3v) is 2.55. The minimum absolute atomic E-state index is 0. The van der Waals surface area contributed by atoms with E-state index in [2.05, 4.69) is 0 Å². The number of rotatable bonds is 3. The van der Waals surface area contributed by atoms with E-state index in [4.69, 9.17) is 10.5 Å². The first kappa shape index (κ1) is 16.3. The van der Waals surface area contributed by atoms with Crippen LogP contribution < -0.4 is 10.5 Å². The van der Waals surface area contributed by atoms with Crippen molar-refractivity contribution >= 4 is 12.4 Å². The van der Waals surface area contributed by atoms with Crippen molar-refractivity contribution in [2.24, 2.45) is 5.73 Å². The van der Waals surface area contributed by atoms with E-state index in [9.17, 15) is 13.2 Å². The molecule has 0 unspecified atom stereocenters. The first-order chi connectivity index (χ1) is 9.00. The predicted molar refractivity (Wildman–Crippen MR) is 73.1 cm³/mol. The van der Waals surface area contributed by atoms with E-state index in [0.29, 0.717) is 12.3 Å². The number of hydrogen-bond acceptors (Lipinski definition) is 2. The van der Waals surface area contributed by atoms with Crippen molar-refractivity contribution in [2.45, 2.75) is 12.7 Å². The summed E-state index contributed by atoms with van der Waals surface area (Å²) in [4.78, 5) is 0. The maximum absolute atomic E-state index is 12.8. The molecule has 0 radical (unpaired) electrons. The Morgan fingerprint density at radius 3 is 2.35 bits per heavy atom. The Morgan fingerprint density at radius 1 is 1.00 bits per heavy atom. The van der Waals surface area contributed by atoms with Gasteiger partial charge in [0.25, 0.3) is 0 Å². The summed E-state index contributed by atoms with van der Waals surface area (Å²) >= 11 is 0. The zero-order chi connectivity index (χ0) is 13.9. The Balaban J connectivity index is 0.00000200. The summed E-state index contributed by atoms with van der Waals surface area (Å²) in [6.45, 7) is 0.304. The van der Waals surface area contributed by atoms with Gasteiger partial charge >= 0.3 is 6.18 Å². The minimum Gasteiger partial charge on any atom is -0.457 e. The Labute approximate surface area is 120 Å². The average molecular weight is 304 g/mol. The molecule has 0 bridgehead atoms. The molecule has 0 spiro atoms. The van der Waals surface area contributed by atoms with Crippen LogP contribution in [0.4, 0.5) is 13.2 Å². The van der Waals surface area contributed by atoms with Gasteiger partial charge in [0.2, 0.25) is 0 Å². The summed E-state index contributed by atoms with van der Waals surface area (Å²) < 4.78 is 43.7. The molecule has 0 aliphatic heterocycles. The van der Waals surface area contributed by atoms with Crippen LogP contribution in [0.2, 0.25) is 0 Å². The smallest absolute Gasteiger partial charge is 0.419 e. The lowest BCUT2D eigenvalue weighted by Gasteiger charge is -2.13. The SMILES string of the molecule is Cl.NCc1cccc(Oc2ccccc2C(F)(F)F)c1. The minimum atomic E-state index is -4.44. The summed E-state index contributed by atoms with van der Waals surface area (Å²) in [7, 11) is 0. The van der Waals surface area contributed by atoms with Crippen LogP contribution >= 0.6 is 12.4 Å². The lowest BCUT2D eigenvalue weighted by molar-refractivity contribution is -0.138. The maximum Gasteiger partial charge on any atom is 0.419 e. The fourth-order valence-corrected chi connectivity index (χ4v) is 1.65. The second-order valence-corrected chi connectivity index (χ2v) is 3.95. The van der Waals surface area contributed by atoms with Gasteiger partial charge in [-0.1, -0.05) is 24.3 Å². The number of alkyl halides is 3. The molecule has 2 aromatic rings. The fraction of sp³-hybridized carbons (Fsp3) is 0.143. The standard InChI is InChI=1S/C14H12F3NO.ClH/c15-14(16,17)12-6-1-2-7-13(12)19-11-5-3-4-10(8-11)9-18;/h1-8H,9,18H2;1H. The van der Waals surface area contributed by atoms with Crippen LogP contribution in [0.15, 0.2) is 48.5 Å². The van der Waals surface area contributed by atoms with E-state index in [0.717, 1.165) is 11.6 Å². The molecule has 2 aromatic carbocycles. The number of halogens is 4. The molecule has 2 N–H and O–H groups in total. The van der Waals surface area contributed by atoms with E-state index < -0.39 is 11.7 Å². The molecule has 0 heterocycles. The lowest BCUT2D eigenvalue weighted by Crippen LogP contribution is -2.06. The van der Waals surface area contributed by atoms with Gasteiger partial charge in [0.1, 0.15) is 11.5 Å². The van der Waals surface area contributed by atoms with E-state index >= 15 is 0 Å². The zero-order valence-corrected chi connectivity index (χ0v) is 11.2. The van der Waals surface area contributed by atoms with Crippen molar-refractivity contribution in [3.63, 3.8) is 0 Å². The van der Waals surface area contributed by atoms with Gasteiger partial charge < -0.3 is 10.5 Å². The van der Waals surface area contributed by atoms with Crippen LogP contribution in [0.3, 0.4) is 0 Å². The normalized spacial score (nSPS) is 10.8. The van der Waals surface area contributed by atoms with Gasteiger partial charge in [-0.3, -0.25) is 0 Å². The number of hydrogen-bond donors (Lipinski definition) is 1. The van der Waals surface area contributed by atoms with Gasteiger partial charge in [-0.25, -0.2) is 0 Å². The van der Waals surface area contributed by atoms with Gasteiger partial charge in [0.05, 0.1) is 5.56 Å². The van der Waals surface area contributed by atoms with E-state index in [1.165, 1.54) is 18.2 Å². The molecule has 2 nitrogen and oxygen atoms in total. The number of benzene rings is 2.